The van der Waals surface area contributed by atoms with Crippen LogP contribution in [0.2, 0.25) is 5.02 Å². The maximum atomic E-state index is 13.3. The summed E-state index contributed by atoms with van der Waals surface area (Å²) in [5.41, 5.74) is 9.47. The van der Waals surface area contributed by atoms with Crippen molar-refractivity contribution in [2.24, 2.45) is 5.73 Å². The van der Waals surface area contributed by atoms with Gasteiger partial charge in [0.05, 0.1) is 17.3 Å². The minimum absolute atomic E-state index is 0.271. The van der Waals surface area contributed by atoms with Crippen LogP contribution >= 0.6 is 11.6 Å². The molecule has 0 saturated heterocycles. The van der Waals surface area contributed by atoms with Crippen molar-refractivity contribution in [2.45, 2.75) is 26.2 Å². The van der Waals surface area contributed by atoms with Gasteiger partial charge in [0.25, 0.3) is 0 Å². The normalized spacial score (nSPS) is 12.2. The number of amides is 1. The molecule has 0 spiro atoms. The third-order valence-corrected chi connectivity index (χ3v) is 4.74. The number of carbonyl (C=O) groups is 1. The lowest BCUT2D eigenvalue weighted by Gasteiger charge is -2.16. The number of aryl methyl sites for hydroxylation is 1. The van der Waals surface area contributed by atoms with Crippen molar-refractivity contribution in [1.29, 1.82) is 0 Å². The number of hydrogen-bond donors (Lipinski definition) is 1. The van der Waals surface area contributed by atoms with Gasteiger partial charge in [-0.2, -0.15) is 5.10 Å². The van der Waals surface area contributed by atoms with Gasteiger partial charge in [-0.25, -0.2) is 9.07 Å². The Kier molecular flexibility index (Phi) is 5.04. The van der Waals surface area contributed by atoms with E-state index in [2.05, 4.69) is 10.1 Å². The molecule has 2 heterocycles. The predicted octanol–water partition coefficient (Wildman–Crippen LogP) is 3.49. The Morgan fingerprint density at radius 3 is 2.58 bits per heavy atom. The highest BCUT2D eigenvalue weighted by atomic mass is 35.5. The minimum atomic E-state index is -0.617. The number of halogens is 2. The third kappa shape index (κ3) is 3.46. The van der Waals surface area contributed by atoms with Crippen molar-refractivity contribution in [3.8, 4) is 5.69 Å². The lowest BCUT2D eigenvalue weighted by atomic mass is 9.90. The van der Waals surface area contributed by atoms with Crippen LogP contribution in [0.3, 0.4) is 0 Å². The Bertz CT molecular complexity index is 956. The van der Waals surface area contributed by atoms with Gasteiger partial charge >= 0.3 is 0 Å². The summed E-state index contributed by atoms with van der Waals surface area (Å²) in [5, 5.41) is 4.82. The van der Waals surface area contributed by atoms with Crippen molar-refractivity contribution < 1.29 is 9.18 Å². The highest BCUT2D eigenvalue weighted by Crippen LogP contribution is 2.30. The Labute approximate surface area is 155 Å². The van der Waals surface area contributed by atoms with E-state index in [1.807, 2.05) is 26.0 Å². The lowest BCUT2D eigenvalue weighted by molar-refractivity contribution is -0.119. The Morgan fingerprint density at radius 1 is 1.27 bits per heavy atom. The average molecular weight is 373 g/mol. The summed E-state index contributed by atoms with van der Waals surface area (Å²) in [6, 6.07) is 7.79. The molecule has 0 aliphatic heterocycles. The quantitative estimate of drug-likeness (QED) is 0.745. The molecule has 0 aliphatic rings. The second-order valence-electron chi connectivity index (χ2n) is 6.10. The molecule has 0 bridgehead atoms. The molecule has 26 heavy (non-hydrogen) atoms. The molecule has 7 heteroatoms. The number of aromatic nitrogens is 3. The first-order valence-electron chi connectivity index (χ1n) is 8.08. The summed E-state index contributed by atoms with van der Waals surface area (Å²) in [7, 11) is 0. The fraction of sp³-hybridized carbons (Fsp3) is 0.211. The molecule has 1 atom stereocenters. The molecule has 1 amide bonds. The van der Waals surface area contributed by atoms with Crippen molar-refractivity contribution in [2.75, 3.05) is 0 Å². The van der Waals surface area contributed by atoms with E-state index in [9.17, 15) is 9.18 Å². The van der Waals surface area contributed by atoms with Crippen molar-refractivity contribution in [3.63, 3.8) is 0 Å². The smallest absolute Gasteiger partial charge is 0.225 e. The summed E-state index contributed by atoms with van der Waals surface area (Å²) in [5.74, 6) is -1.52. The molecule has 1 unspecified atom stereocenters. The summed E-state index contributed by atoms with van der Waals surface area (Å²) in [4.78, 5) is 16.2. The number of primary amides is 1. The number of carbonyl (C=O) groups excluding carboxylic acids is 1. The summed E-state index contributed by atoms with van der Waals surface area (Å²) >= 11 is 6.13. The zero-order valence-electron chi connectivity index (χ0n) is 14.4. The molecule has 134 valence electrons. The third-order valence-electron chi connectivity index (χ3n) is 4.39. The standard InChI is InChI=1S/C19H18ClFN4O/c1-11-18(12(2)25(24-11)15-5-7-23-8-6-15)16(19(22)26)9-13-3-4-14(21)10-17(13)20/h3-8,10,16H,9H2,1-2H3,(H2,22,26). The van der Waals surface area contributed by atoms with Crippen molar-refractivity contribution in [1.82, 2.24) is 14.8 Å². The van der Waals surface area contributed by atoms with Crippen LogP contribution in [0.15, 0.2) is 42.7 Å². The van der Waals surface area contributed by atoms with Gasteiger partial charge in [0.1, 0.15) is 5.82 Å². The molecule has 3 rings (SSSR count). The summed E-state index contributed by atoms with van der Waals surface area (Å²) < 4.78 is 15.0. The molecule has 5 nitrogen and oxygen atoms in total. The molecular formula is C19H18ClFN4O. The van der Waals surface area contributed by atoms with E-state index in [0.717, 1.165) is 16.9 Å². The van der Waals surface area contributed by atoms with E-state index in [1.165, 1.54) is 12.1 Å². The predicted molar refractivity (Wildman–Crippen MR) is 97.9 cm³/mol. The number of rotatable bonds is 5. The first-order chi connectivity index (χ1) is 12.4. The van der Waals surface area contributed by atoms with E-state index in [0.29, 0.717) is 11.3 Å². The SMILES string of the molecule is Cc1nn(-c2ccncc2)c(C)c1C(Cc1ccc(F)cc1Cl)C(N)=O. The fourth-order valence-electron chi connectivity index (χ4n) is 3.15. The van der Waals surface area contributed by atoms with E-state index < -0.39 is 17.6 Å². The monoisotopic (exact) mass is 372 g/mol. The Hall–Kier alpha value is -2.73. The van der Waals surface area contributed by atoms with E-state index in [4.69, 9.17) is 17.3 Å². The number of benzene rings is 1. The van der Waals surface area contributed by atoms with Crippen molar-refractivity contribution in [3.05, 3.63) is 76.1 Å². The van der Waals surface area contributed by atoms with Gasteiger partial charge in [-0.1, -0.05) is 17.7 Å². The maximum absolute atomic E-state index is 13.3. The highest BCUT2D eigenvalue weighted by molar-refractivity contribution is 6.31. The summed E-state index contributed by atoms with van der Waals surface area (Å²) in [6.45, 7) is 3.72. The van der Waals surface area contributed by atoms with Crippen LogP contribution in [0.1, 0.15) is 28.4 Å². The fourth-order valence-corrected chi connectivity index (χ4v) is 3.39. The first kappa shape index (κ1) is 18.1. The lowest BCUT2D eigenvalue weighted by Crippen LogP contribution is -2.24. The van der Waals surface area contributed by atoms with Gasteiger partial charge < -0.3 is 5.73 Å². The van der Waals surface area contributed by atoms with Gasteiger partial charge in [0, 0.05) is 28.7 Å². The van der Waals surface area contributed by atoms with Gasteiger partial charge in [-0.15, -0.1) is 0 Å². The number of hydrogen-bond acceptors (Lipinski definition) is 3. The van der Waals surface area contributed by atoms with Crippen LogP contribution in [0.25, 0.3) is 5.69 Å². The number of pyridine rings is 1. The van der Waals surface area contributed by atoms with E-state index in [-0.39, 0.29) is 11.4 Å². The largest absolute Gasteiger partial charge is 0.369 e. The molecule has 3 aromatic rings. The van der Waals surface area contributed by atoms with E-state index in [1.54, 1.807) is 23.1 Å². The number of nitrogens with zero attached hydrogens (tertiary/aromatic N) is 3. The zero-order chi connectivity index (χ0) is 18.8. The van der Waals surface area contributed by atoms with E-state index >= 15 is 0 Å². The first-order valence-corrected chi connectivity index (χ1v) is 8.46. The molecular weight excluding hydrogens is 355 g/mol. The molecule has 2 N–H and O–H groups in total. The average Bonchev–Trinajstić information content (AvgIpc) is 2.89. The molecule has 0 radical (unpaired) electrons. The van der Waals surface area contributed by atoms with Crippen LogP contribution in [0, 0.1) is 19.7 Å². The minimum Gasteiger partial charge on any atom is -0.369 e. The van der Waals surface area contributed by atoms with Crippen LogP contribution in [-0.2, 0) is 11.2 Å². The molecule has 0 fully saturated rings. The zero-order valence-corrected chi connectivity index (χ0v) is 15.2. The second-order valence-corrected chi connectivity index (χ2v) is 6.50. The molecule has 2 aromatic heterocycles. The van der Waals surface area contributed by atoms with Gasteiger partial charge in [0.15, 0.2) is 0 Å². The van der Waals surface area contributed by atoms with Gasteiger partial charge in [-0.3, -0.25) is 9.78 Å². The van der Waals surface area contributed by atoms with Gasteiger partial charge in [0.2, 0.25) is 5.91 Å². The maximum Gasteiger partial charge on any atom is 0.225 e. The van der Waals surface area contributed by atoms with Crippen molar-refractivity contribution >= 4 is 17.5 Å². The van der Waals surface area contributed by atoms with Crippen LogP contribution in [0.4, 0.5) is 4.39 Å². The van der Waals surface area contributed by atoms with Crippen LogP contribution in [-0.4, -0.2) is 20.7 Å². The highest BCUT2D eigenvalue weighted by Gasteiger charge is 2.27. The number of nitrogens with two attached hydrogens (primary N) is 1. The second kappa shape index (κ2) is 7.25. The molecule has 0 saturated carbocycles. The Balaban J connectivity index is 2.04. The summed E-state index contributed by atoms with van der Waals surface area (Å²) in [6.07, 6.45) is 3.63. The molecule has 1 aromatic carbocycles. The van der Waals surface area contributed by atoms with Crippen LogP contribution < -0.4 is 5.73 Å². The Morgan fingerprint density at radius 2 is 1.96 bits per heavy atom. The van der Waals surface area contributed by atoms with Crippen LogP contribution in [0.5, 0.6) is 0 Å². The van der Waals surface area contributed by atoms with Gasteiger partial charge in [-0.05, 0) is 50.1 Å². The topological polar surface area (TPSA) is 73.8 Å². The molecule has 0 aliphatic carbocycles.